The fourth-order valence-electron chi connectivity index (χ4n) is 1.76. The molecule has 1 amide bonds. The van der Waals surface area contributed by atoms with E-state index in [0.29, 0.717) is 14.2 Å². The van der Waals surface area contributed by atoms with Gasteiger partial charge in [-0.2, -0.15) is 5.10 Å². The summed E-state index contributed by atoms with van der Waals surface area (Å²) in [5.41, 5.74) is 2.48. The lowest BCUT2D eigenvalue weighted by Gasteiger charge is -1.96. The highest BCUT2D eigenvalue weighted by atomic mass is 35.5. The van der Waals surface area contributed by atoms with E-state index >= 15 is 0 Å². The Morgan fingerprint density at radius 3 is 2.67 bits per heavy atom. The van der Waals surface area contributed by atoms with Crippen LogP contribution in [0.2, 0.25) is 9.36 Å². The molecule has 21 heavy (non-hydrogen) atoms. The maximum absolute atomic E-state index is 12.1. The topological polar surface area (TPSA) is 41.5 Å². The first-order chi connectivity index (χ1) is 10.1. The average Bonchev–Trinajstić information content (AvgIpc) is 3.03. The minimum absolute atomic E-state index is 0.319. The highest BCUT2D eigenvalue weighted by Gasteiger charge is 2.16. The summed E-state index contributed by atoms with van der Waals surface area (Å²) >= 11 is 14.8. The van der Waals surface area contributed by atoms with Crippen LogP contribution in [-0.2, 0) is 0 Å². The molecule has 0 fully saturated rings. The Balaban J connectivity index is 1.78. The molecule has 0 aliphatic heterocycles. The van der Waals surface area contributed by atoms with E-state index in [1.807, 2.05) is 30.3 Å². The van der Waals surface area contributed by atoms with Crippen molar-refractivity contribution in [3.63, 3.8) is 0 Å². The Labute approximate surface area is 138 Å². The Hall–Kier alpha value is -1.40. The summed E-state index contributed by atoms with van der Waals surface area (Å²) in [4.78, 5) is 13.4. The minimum Gasteiger partial charge on any atom is -0.266 e. The van der Waals surface area contributed by atoms with E-state index in [0.717, 1.165) is 15.0 Å². The molecule has 7 heteroatoms. The lowest BCUT2D eigenvalue weighted by molar-refractivity contribution is 0.0959. The quantitative estimate of drug-likeness (QED) is 0.519. The Morgan fingerprint density at radius 2 is 1.95 bits per heavy atom. The van der Waals surface area contributed by atoms with Crippen LogP contribution in [0.3, 0.4) is 0 Å². The van der Waals surface area contributed by atoms with Crippen LogP contribution in [-0.4, -0.2) is 12.1 Å². The van der Waals surface area contributed by atoms with Crippen molar-refractivity contribution in [3.8, 4) is 0 Å². The number of rotatable bonds is 3. The van der Waals surface area contributed by atoms with Crippen molar-refractivity contribution in [1.82, 2.24) is 5.43 Å². The number of carbonyl (C=O) groups is 1. The fraction of sp³-hybridized carbons (Fsp3) is 0. The molecule has 0 atom stereocenters. The Morgan fingerprint density at radius 1 is 1.14 bits per heavy atom. The number of nitrogens with one attached hydrogen (secondary N) is 1. The van der Waals surface area contributed by atoms with Crippen LogP contribution in [0, 0.1) is 0 Å². The molecular formula is C14H8Cl2N2OS2. The number of amides is 1. The van der Waals surface area contributed by atoms with Gasteiger partial charge in [0.25, 0.3) is 5.91 Å². The predicted octanol–water partition coefficient (Wildman–Crippen LogP) is 5.03. The molecule has 1 aromatic carbocycles. The van der Waals surface area contributed by atoms with Gasteiger partial charge in [-0.1, -0.05) is 41.4 Å². The second-order valence-electron chi connectivity index (χ2n) is 4.08. The number of carbonyl (C=O) groups excluding carboxylic acids is 1. The van der Waals surface area contributed by atoms with Gasteiger partial charge in [0.15, 0.2) is 0 Å². The van der Waals surface area contributed by atoms with Gasteiger partial charge in [-0.25, -0.2) is 5.43 Å². The molecule has 106 valence electrons. The van der Waals surface area contributed by atoms with Crippen LogP contribution < -0.4 is 5.43 Å². The molecule has 2 heterocycles. The normalized spacial score (nSPS) is 11.3. The molecule has 0 radical (unpaired) electrons. The standard InChI is InChI=1S/C14H8Cl2N2OS2/c15-11-6-5-8(20-11)7-17-18-14(19)13-12(16)9-3-1-2-4-10(9)21-13/h1-7H,(H,18,19). The monoisotopic (exact) mass is 354 g/mol. The molecule has 2 aromatic heterocycles. The fourth-order valence-corrected chi connectivity index (χ4v) is 4.10. The molecule has 1 N–H and O–H groups in total. The largest absolute Gasteiger partial charge is 0.283 e. The number of benzene rings is 1. The van der Waals surface area contributed by atoms with Gasteiger partial charge in [-0.3, -0.25) is 4.79 Å². The molecule has 0 spiro atoms. The molecule has 3 aromatic rings. The summed E-state index contributed by atoms with van der Waals surface area (Å²) < 4.78 is 1.65. The summed E-state index contributed by atoms with van der Waals surface area (Å²) in [5.74, 6) is -0.319. The number of fused-ring (bicyclic) bond motifs is 1. The van der Waals surface area contributed by atoms with Gasteiger partial charge < -0.3 is 0 Å². The molecule has 3 rings (SSSR count). The van der Waals surface area contributed by atoms with Crippen molar-refractivity contribution in [3.05, 3.63) is 55.5 Å². The van der Waals surface area contributed by atoms with Crippen LogP contribution in [0.4, 0.5) is 0 Å². The van der Waals surface area contributed by atoms with Crippen molar-refractivity contribution in [2.24, 2.45) is 5.10 Å². The number of hydrazone groups is 1. The lowest BCUT2D eigenvalue weighted by atomic mass is 10.2. The van der Waals surface area contributed by atoms with Gasteiger partial charge in [0, 0.05) is 15.0 Å². The van der Waals surface area contributed by atoms with E-state index in [1.165, 1.54) is 22.7 Å². The van der Waals surface area contributed by atoms with Gasteiger partial charge >= 0.3 is 0 Å². The van der Waals surface area contributed by atoms with E-state index in [4.69, 9.17) is 23.2 Å². The molecule has 3 nitrogen and oxygen atoms in total. The van der Waals surface area contributed by atoms with Gasteiger partial charge in [-0.05, 0) is 18.2 Å². The second-order valence-corrected chi connectivity index (χ2v) is 7.26. The maximum Gasteiger partial charge on any atom is 0.283 e. The third-order valence-electron chi connectivity index (χ3n) is 2.69. The smallest absolute Gasteiger partial charge is 0.266 e. The predicted molar refractivity (Wildman–Crippen MR) is 91.2 cm³/mol. The van der Waals surface area contributed by atoms with Crippen LogP contribution in [0.1, 0.15) is 14.5 Å². The lowest BCUT2D eigenvalue weighted by Crippen LogP contribution is -2.16. The van der Waals surface area contributed by atoms with E-state index in [2.05, 4.69) is 10.5 Å². The third-order valence-corrected chi connectivity index (χ3v) is 5.53. The highest BCUT2D eigenvalue weighted by molar-refractivity contribution is 7.21. The van der Waals surface area contributed by atoms with Gasteiger partial charge in [-0.15, -0.1) is 22.7 Å². The second kappa shape index (κ2) is 6.15. The van der Waals surface area contributed by atoms with Gasteiger partial charge in [0.2, 0.25) is 0 Å². The van der Waals surface area contributed by atoms with Crippen LogP contribution in [0.5, 0.6) is 0 Å². The summed E-state index contributed by atoms with van der Waals surface area (Å²) in [6, 6.07) is 11.2. The first-order valence-corrected chi connectivity index (χ1v) is 8.30. The highest BCUT2D eigenvalue weighted by Crippen LogP contribution is 2.34. The molecule has 0 aliphatic rings. The number of hydrogen-bond donors (Lipinski definition) is 1. The summed E-state index contributed by atoms with van der Waals surface area (Å²) in [6.07, 6.45) is 1.55. The van der Waals surface area contributed by atoms with Crippen molar-refractivity contribution in [2.75, 3.05) is 0 Å². The van der Waals surface area contributed by atoms with E-state index in [1.54, 1.807) is 12.3 Å². The zero-order valence-electron chi connectivity index (χ0n) is 10.5. The number of hydrogen-bond acceptors (Lipinski definition) is 4. The van der Waals surface area contributed by atoms with Crippen molar-refractivity contribution < 1.29 is 4.79 Å². The van der Waals surface area contributed by atoms with Gasteiger partial charge in [0.05, 0.1) is 15.6 Å². The van der Waals surface area contributed by atoms with Crippen molar-refractivity contribution in [2.45, 2.75) is 0 Å². The first-order valence-electron chi connectivity index (χ1n) is 5.91. The van der Waals surface area contributed by atoms with Crippen LogP contribution >= 0.6 is 45.9 Å². The van der Waals surface area contributed by atoms with E-state index in [-0.39, 0.29) is 5.91 Å². The number of thiophene rings is 2. The van der Waals surface area contributed by atoms with Gasteiger partial charge in [0.1, 0.15) is 4.88 Å². The summed E-state index contributed by atoms with van der Waals surface area (Å²) in [7, 11) is 0. The third kappa shape index (κ3) is 3.11. The van der Waals surface area contributed by atoms with Crippen molar-refractivity contribution >= 4 is 68.1 Å². The zero-order valence-corrected chi connectivity index (χ0v) is 13.6. The summed E-state index contributed by atoms with van der Waals surface area (Å²) in [6.45, 7) is 0. The number of nitrogens with zero attached hydrogens (tertiary/aromatic N) is 1. The summed E-state index contributed by atoms with van der Waals surface area (Å²) in [5, 5.41) is 5.26. The Kier molecular flexibility index (Phi) is 4.26. The molecular weight excluding hydrogens is 347 g/mol. The van der Waals surface area contributed by atoms with E-state index in [9.17, 15) is 4.79 Å². The minimum atomic E-state index is -0.319. The van der Waals surface area contributed by atoms with E-state index < -0.39 is 0 Å². The average molecular weight is 355 g/mol. The van der Waals surface area contributed by atoms with Crippen LogP contribution in [0.25, 0.3) is 10.1 Å². The van der Waals surface area contributed by atoms with Crippen molar-refractivity contribution in [1.29, 1.82) is 0 Å². The zero-order chi connectivity index (χ0) is 14.8. The van der Waals surface area contributed by atoms with Crippen LogP contribution in [0.15, 0.2) is 41.5 Å². The molecule has 0 aliphatic carbocycles. The molecule has 0 saturated carbocycles. The SMILES string of the molecule is O=C(NN=Cc1ccc(Cl)s1)c1sc2ccccc2c1Cl. The Bertz CT molecular complexity index is 838. The number of halogens is 2. The first kappa shape index (κ1) is 14.5. The molecule has 0 saturated heterocycles. The molecule has 0 unspecified atom stereocenters. The maximum atomic E-state index is 12.1. The molecule has 0 bridgehead atoms.